The average Bonchev–Trinajstić information content (AvgIpc) is 3.16. The van der Waals surface area contributed by atoms with Crippen molar-refractivity contribution in [2.75, 3.05) is 4.90 Å². The number of carboxylic acid groups (broad SMARTS) is 1. The normalized spacial score (nSPS) is 16.7. The van der Waals surface area contributed by atoms with E-state index in [1.54, 1.807) is 19.1 Å². The molecule has 2 N–H and O–H groups in total. The van der Waals surface area contributed by atoms with Gasteiger partial charge < -0.3 is 10.4 Å². The quantitative estimate of drug-likeness (QED) is 0.731. The summed E-state index contributed by atoms with van der Waals surface area (Å²) >= 11 is 0. The fourth-order valence-corrected chi connectivity index (χ4v) is 3.60. The highest BCUT2D eigenvalue weighted by Gasteiger charge is 2.35. The predicted molar refractivity (Wildman–Crippen MR) is 104 cm³/mol. The number of carboxylic acids is 1. The first-order valence-corrected chi connectivity index (χ1v) is 9.72. The molecule has 0 bridgehead atoms. The topological polar surface area (TPSA) is 86.7 Å². The second kappa shape index (κ2) is 9.53. The number of carbonyl (C=O) groups excluding carboxylic acids is 2. The number of rotatable bonds is 8. The monoisotopic (exact) mass is 374 g/mol. The Bertz CT molecular complexity index is 653. The fraction of sp³-hybridized carbons (Fsp3) is 0.571. The van der Waals surface area contributed by atoms with Crippen LogP contribution >= 0.6 is 0 Å². The van der Waals surface area contributed by atoms with Crippen LogP contribution in [0.4, 0.5) is 5.69 Å². The summed E-state index contributed by atoms with van der Waals surface area (Å²) in [6, 6.07) is 7.38. The van der Waals surface area contributed by atoms with Crippen molar-refractivity contribution in [1.29, 1.82) is 0 Å². The third-order valence-electron chi connectivity index (χ3n) is 5.06. The van der Waals surface area contributed by atoms with Gasteiger partial charge in [-0.2, -0.15) is 0 Å². The summed E-state index contributed by atoms with van der Waals surface area (Å²) in [5, 5.41) is 12.0. The van der Waals surface area contributed by atoms with Crippen LogP contribution in [-0.4, -0.2) is 35.0 Å². The molecule has 6 nitrogen and oxygen atoms in total. The van der Waals surface area contributed by atoms with Gasteiger partial charge in [0.25, 0.3) is 0 Å². The first-order chi connectivity index (χ1) is 12.8. The number of anilines is 1. The summed E-state index contributed by atoms with van der Waals surface area (Å²) in [7, 11) is 0. The zero-order valence-electron chi connectivity index (χ0n) is 16.4. The smallest absolute Gasteiger partial charge is 0.326 e. The van der Waals surface area contributed by atoms with Crippen LogP contribution in [0.5, 0.6) is 0 Å². The molecule has 0 aliphatic heterocycles. The van der Waals surface area contributed by atoms with Gasteiger partial charge in [0.05, 0.1) is 0 Å². The van der Waals surface area contributed by atoms with E-state index in [4.69, 9.17) is 0 Å². The van der Waals surface area contributed by atoms with Crippen molar-refractivity contribution < 1.29 is 19.5 Å². The number of para-hydroxylation sites is 1. The summed E-state index contributed by atoms with van der Waals surface area (Å²) in [6.07, 6.45) is 4.06. The summed E-state index contributed by atoms with van der Waals surface area (Å²) in [5.41, 5.74) is 0.660. The van der Waals surface area contributed by atoms with Gasteiger partial charge in [-0.3, -0.25) is 14.5 Å². The van der Waals surface area contributed by atoms with Crippen molar-refractivity contribution in [2.45, 2.75) is 65.0 Å². The highest BCUT2D eigenvalue weighted by atomic mass is 16.4. The lowest BCUT2D eigenvalue weighted by atomic mass is 10.0. The van der Waals surface area contributed by atoms with Crippen LogP contribution < -0.4 is 10.2 Å². The van der Waals surface area contributed by atoms with Gasteiger partial charge in [-0.05, 0) is 44.2 Å². The molecule has 0 radical (unpaired) electrons. The summed E-state index contributed by atoms with van der Waals surface area (Å²) < 4.78 is 0. The molecule has 0 unspecified atom stereocenters. The second-order valence-electron chi connectivity index (χ2n) is 7.73. The molecule has 2 atom stereocenters. The van der Waals surface area contributed by atoms with Crippen molar-refractivity contribution in [3.05, 3.63) is 30.3 Å². The highest BCUT2D eigenvalue weighted by Crippen LogP contribution is 2.29. The number of benzene rings is 1. The molecule has 2 amide bonds. The zero-order valence-corrected chi connectivity index (χ0v) is 16.4. The molecule has 27 heavy (non-hydrogen) atoms. The Morgan fingerprint density at radius 1 is 1.11 bits per heavy atom. The summed E-state index contributed by atoms with van der Waals surface area (Å²) in [4.78, 5) is 38.9. The first-order valence-electron chi connectivity index (χ1n) is 9.72. The lowest BCUT2D eigenvalue weighted by Gasteiger charge is -2.31. The van der Waals surface area contributed by atoms with E-state index < -0.39 is 24.0 Å². The van der Waals surface area contributed by atoms with E-state index in [2.05, 4.69) is 5.32 Å². The molecule has 1 aromatic rings. The molecule has 1 aliphatic rings. The van der Waals surface area contributed by atoms with E-state index in [1.807, 2.05) is 32.0 Å². The third kappa shape index (κ3) is 5.55. The largest absolute Gasteiger partial charge is 0.480 e. The van der Waals surface area contributed by atoms with E-state index in [9.17, 15) is 19.5 Å². The minimum Gasteiger partial charge on any atom is -0.480 e. The lowest BCUT2D eigenvalue weighted by Crippen LogP contribution is -2.53. The Morgan fingerprint density at radius 3 is 2.22 bits per heavy atom. The van der Waals surface area contributed by atoms with Gasteiger partial charge in [0.15, 0.2) is 0 Å². The van der Waals surface area contributed by atoms with Gasteiger partial charge in [-0.15, -0.1) is 0 Å². The molecule has 148 valence electrons. The maximum absolute atomic E-state index is 13.1. The first kappa shape index (κ1) is 20.9. The number of hydrogen-bond acceptors (Lipinski definition) is 3. The van der Waals surface area contributed by atoms with Gasteiger partial charge in [-0.25, -0.2) is 4.79 Å². The SMILES string of the molecule is CC(C)C[C@H](NC(=O)[C@H](C)N(C(=O)C1CCCC1)c1ccccc1)C(=O)O. The van der Waals surface area contributed by atoms with Crippen LogP contribution in [0.15, 0.2) is 30.3 Å². The van der Waals surface area contributed by atoms with E-state index in [0.29, 0.717) is 12.1 Å². The van der Waals surface area contributed by atoms with Crippen molar-refractivity contribution in [3.8, 4) is 0 Å². The predicted octanol–water partition coefficient (Wildman–Crippen LogP) is 3.21. The number of nitrogens with zero attached hydrogens (tertiary/aromatic N) is 1. The number of carbonyl (C=O) groups is 3. The average molecular weight is 374 g/mol. The molecule has 1 aromatic carbocycles. The van der Waals surface area contributed by atoms with E-state index in [1.165, 1.54) is 4.90 Å². The minimum atomic E-state index is -1.06. The van der Waals surface area contributed by atoms with Gasteiger partial charge >= 0.3 is 5.97 Å². The van der Waals surface area contributed by atoms with Crippen LogP contribution in [0, 0.1) is 11.8 Å². The Kier molecular flexibility index (Phi) is 7.39. The molecular formula is C21H30N2O4. The number of aliphatic carboxylic acids is 1. The van der Waals surface area contributed by atoms with Gasteiger partial charge in [0.1, 0.15) is 12.1 Å². The minimum absolute atomic E-state index is 0.0583. The highest BCUT2D eigenvalue weighted by molar-refractivity contribution is 6.02. The lowest BCUT2D eigenvalue weighted by molar-refractivity contribution is -0.142. The second-order valence-corrected chi connectivity index (χ2v) is 7.73. The molecule has 2 rings (SSSR count). The Morgan fingerprint density at radius 2 is 1.70 bits per heavy atom. The molecular weight excluding hydrogens is 344 g/mol. The van der Waals surface area contributed by atoms with Crippen LogP contribution in [0.1, 0.15) is 52.9 Å². The van der Waals surface area contributed by atoms with Crippen LogP contribution in [-0.2, 0) is 14.4 Å². The Labute approximate surface area is 160 Å². The van der Waals surface area contributed by atoms with Gasteiger partial charge in [-0.1, -0.05) is 44.9 Å². The number of nitrogens with one attached hydrogen (secondary N) is 1. The van der Waals surface area contributed by atoms with Crippen molar-refractivity contribution >= 4 is 23.5 Å². The Balaban J connectivity index is 2.21. The molecule has 0 spiro atoms. The summed E-state index contributed by atoms with van der Waals surface area (Å²) in [5.74, 6) is -1.51. The standard InChI is InChI=1S/C21H30N2O4/c1-14(2)13-18(21(26)27)22-19(24)15(3)23(17-11-5-4-6-12-17)20(25)16-9-7-8-10-16/h4-6,11-12,14-16,18H,7-10,13H2,1-3H3,(H,22,24)(H,26,27)/t15-,18-/m0/s1. The fourth-order valence-electron chi connectivity index (χ4n) is 3.60. The van der Waals surface area contributed by atoms with Crippen molar-refractivity contribution in [2.24, 2.45) is 11.8 Å². The van der Waals surface area contributed by atoms with Crippen LogP contribution in [0.25, 0.3) is 0 Å². The third-order valence-corrected chi connectivity index (χ3v) is 5.06. The summed E-state index contributed by atoms with van der Waals surface area (Å²) in [6.45, 7) is 5.47. The van der Waals surface area contributed by atoms with E-state index in [-0.39, 0.29) is 17.7 Å². The zero-order chi connectivity index (χ0) is 20.0. The molecule has 1 aliphatic carbocycles. The maximum atomic E-state index is 13.1. The van der Waals surface area contributed by atoms with Crippen molar-refractivity contribution in [1.82, 2.24) is 5.32 Å². The van der Waals surface area contributed by atoms with Crippen molar-refractivity contribution in [3.63, 3.8) is 0 Å². The van der Waals surface area contributed by atoms with E-state index >= 15 is 0 Å². The van der Waals surface area contributed by atoms with Crippen LogP contribution in [0.3, 0.4) is 0 Å². The maximum Gasteiger partial charge on any atom is 0.326 e. The molecule has 0 heterocycles. The van der Waals surface area contributed by atoms with Gasteiger partial charge in [0.2, 0.25) is 11.8 Å². The molecule has 6 heteroatoms. The molecule has 0 saturated heterocycles. The molecule has 1 fully saturated rings. The number of amides is 2. The number of hydrogen-bond donors (Lipinski definition) is 2. The Hall–Kier alpha value is -2.37. The van der Waals surface area contributed by atoms with E-state index in [0.717, 1.165) is 25.7 Å². The van der Waals surface area contributed by atoms with Gasteiger partial charge in [0, 0.05) is 11.6 Å². The van der Waals surface area contributed by atoms with Crippen LogP contribution in [0.2, 0.25) is 0 Å². The molecule has 0 aromatic heterocycles. The molecule has 1 saturated carbocycles.